The fraction of sp³-hybridized carbons (Fsp3) is 0.750. The molecule has 0 saturated heterocycles. The molecule has 1 saturated carbocycles. The molecule has 0 amide bonds. The predicted octanol–water partition coefficient (Wildman–Crippen LogP) is 6.24. The number of carbonyl (C=O) groups excluding carboxylic acids is 1. The van der Waals surface area contributed by atoms with Gasteiger partial charge in [-0.15, -0.1) is 0 Å². The van der Waals surface area contributed by atoms with E-state index in [4.69, 9.17) is 0 Å². The highest BCUT2D eigenvalue weighted by Crippen LogP contribution is 2.33. The molecule has 1 rings (SSSR count). The number of carbonyl (C=O) groups is 1. The van der Waals surface area contributed by atoms with E-state index in [2.05, 4.69) is 38.2 Å². The standard InChI is InChI=1S/C20H34O/c1-3-5-7-9-11-13-15-19-18(16-17-20(19)21)14-12-10-8-6-4-2/h10,12-13,15,18-19H,3-9,11,14,16-17H2,1-2H3/b12-10-,15-13+. The Morgan fingerprint density at radius 2 is 1.71 bits per heavy atom. The first-order chi connectivity index (χ1) is 10.3. The van der Waals surface area contributed by atoms with Crippen LogP contribution < -0.4 is 0 Å². The lowest BCUT2D eigenvalue weighted by atomic mass is 9.91. The Kier molecular flexibility index (Phi) is 10.2. The molecule has 1 aliphatic carbocycles. The van der Waals surface area contributed by atoms with Crippen LogP contribution in [0.15, 0.2) is 24.3 Å². The number of unbranched alkanes of at least 4 members (excludes halogenated alkanes) is 6. The molecule has 0 heterocycles. The number of hydrogen-bond donors (Lipinski definition) is 0. The first-order valence-corrected chi connectivity index (χ1v) is 9.14. The normalized spacial score (nSPS) is 22.9. The van der Waals surface area contributed by atoms with E-state index >= 15 is 0 Å². The molecular weight excluding hydrogens is 256 g/mol. The van der Waals surface area contributed by atoms with Crippen molar-refractivity contribution in [3.8, 4) is 0 Å². The topological polar surface area (TPSA) is 17.1 Å². The van der Waals surface area contributed by atoms with Gasteiger partial charge in [-0.1, -0.05) is 70.3 Å². The smallest absolute Gasteiger partial charge is 0.140 e. The fourth-order valence-corrected chi connectivity index (χ4v) is 3.11. The summed E-state index contributed by atoms with van der Waals surface area (Å²) < 4.78 is 0. The summed E-state index contributed by atoms with van der Waals surface area (Å²) in [4.78, 5) is 12.0. The fourth-order valence-electron chi connectivity index (χ4n) is 3.11. The second kappa shape index (κ2) is 11.8. The van der Waals surface area contributed by atoms with Crippen molar-refractivity contribution in [3.63, 3.8) is 0 Å². The van der Waals surface area contributed by atoms with E-state index in [0.717, 1.165) is 25.7 Å². The summed E-state index contributed by atoms with van der Waals surface area (Å²) in [7, 11) is 0. The zero-order valence-electron chi connectivity index (χ0n) is 14.2. The lowest BCUT2D eigenvalue weighted by Crippen LogP contribution is -2.11. The Morgan fingerprint density at radius 3 is 2.48 bits per heavy atom. The first kappa shape index (κ1) is 18.2. The van der Waals surface area contributed by atoms with Gasteiger partial charge in [0, 0.05) is 12.3 Å². The number of ketones is 1. The molecule has 0 aromatic carbocycles. The van der Waals surface area contributed by atoms with E-state index in [9.17, 15) is 4.79 Å². The maximum Gasteiger partial charge on any atom is 0.140 e. The van der Waals surface area contributed by atoms with Crippen LogP contribution in [0.25, 0.3) is 0 Å². The highest BCUT2D eigenvalue weighted by Gasteiger charge is 2.31. The van der Waals surface area contributed by atoms with Crippen LogP contribution in [0.1, 0.15) is 84.5 Å². The maximum absolute atomic E-state index is 12.0. The molecule has 0 aromatic heterocycles. The number of Topliss-reactive ketones (excluding diaryl/α,β-unsaturated/α-hetero) is 1. The van der Waals surface area contributed by atoms with Gasteiger partial charge in [0.05, 0.1) is 0 Å². The van der Waals surface area contributed by atoms with Gasteiger partial charge in [0.1, 0.15) is 5.78 Å². The van der Waals surface area contributed by atoms with Crippen LogP contribution in [-0.4, -0.2) is 5.78 Å². The number of hydrogen-bond acceptors (Lipinski definition) is 1. The van der Waals surface area contributed by atoms with Crippen LogP contribution in [0.5, 0.6) is 0 Å². The van der Waals surface area contributed by atoms with E-state index in [1.807, 2.05) is 0 Å². The number of allylic oxidation sites excluding steroid dienone is 4. The van der Waals surface area contributed by atoms with Crippen molar-refractivity contribution in [2.75, 3.05) is 0 Å². The van der Waals surface area contributed by atoms with Crippen molar-refractivity contribution in [2.45, 2.75) is 84.5 Å². The highest BCUT2D eigenvalue weighted by molar-refractivity contribution is 5.85. The second-order valence-electron chi connectivity index (χ2n) is 6.42. The SMILES string of the molecule is CCCC/C=C\CC1CCC(=O)C1/C=C/CCCCCC. The van der Waals surface area contributed by atoms with Crippen molar-refractivity contribution >= 4 is 5.78 Å². The minimum absolute atomic E-state index is 0.201. The number of rotatable bonds is 11. The molecular formula is C20H34O. The minimum atomic E-state index is 0.201. The molecule has 0 spiro atoms. The minimum Gasteiger partial charge on any atom is -0.299 e. The van der Waals surface area contributed by atoms with E-state index < -0.39 is 0 Å². The summed E-state index contributed by atoms with van der Waals surface area (Å²) in [5.41, 5.74) is 0. The molecule has 1 heteroatoms. The molecule has 0 bridgehead atoms. The largest absolute Gasteiger partial charge is 0.299 e. The molecule has 2 unspecified atom stereocenters. The van der Waals surface area contributed by atoms with Crippen LogP contribution in [-0.2, 0) is 4.79 Å². The molecule has 1 fully saturated rings. The third kappa shape index (κ3) is 7.64. The zero-order chi connectivity index (χ0) is 15.3. The van der Waals surface area contributed by atoms with Gasteiger partial charge >= 0.3 is 0 Å². The molecule has 0 aromatic rings. The molecule has 120 valence electrons. The van der Waals surface area contributed by atoms with Gasteiger partial charge in [-0.2, -0.15) is 0 Å². The monoisotopic (exact) mass is 290 g/mol. The van der Waals surface area contributed by atoms with Gasteiger partial charge in [0.2, 0.25) is 0 Å². The van der Waals surface area contributed by atoms with Crippen molar-refractivity contribution in [3.05, 3.63) is 24.3 Å². The average Bonchev–Trinajstić information content (AvgIpc) is 2.83. The van der Waals surface area contributed by atoms with Crippen LogP contribution in [0.2, 0.25) is 0 Å². The van der Waals surface area contributed by atoms with Crippen LogP contribution >= 0.6 is 0 Å². The molecule has 0 aliphatic heterocycles. The predicted molar refractivity (Wildman–Crippen MR) is 92.4 cm³/mol. The molecule has 1 nitrogen and oxygen atoms in total. The van der Waals surface area contributed by atoms with E-state index in [1.165, 1.54) is 44.9 Å². The first-order valence-electron chi connectivity index (χ1n) is 9.14. The van der Waals surface area contributed by atoms with Crippen molar-refractivity contribution in [1.82, 2.24) is 0 Å². The van der Waals surface area contributed by atoms with Gasteiger partial charge < -0.3 is 0 Å². The van der Waals surface area contributed by atoms with Crippen molar-refractivity contribution < 1.29 is 4.79 Å². The lowest BCUT2D eigenvalue weighted by Gasteiger charge is -2.12. The van der Waals surface area contributed by atoms with E-state index in [1.54, 1.807) is 0 Å². The molecule has 1 aliphatic rings. The Balaban J connectivity index is 2.29. The van der Waals surface area contributed by atoms with Gasteiger partial charge in [0.25, 0.3) is 0 Å². The van der Waals surface area contributed by atoms with Crippen LogP contribution in [0.4, 0.5) is 0 Å². The van der Waals surface area contributed by atoms with E-state index in [0.29, 0.717) is 11.7 Å². The van der Waals surface area contributed by atoms with E-state index in [-0.39, 0.29) is 5.92 Å². The maximum atomic E-state index is 12.0. The third-order valence-corrected chi connectivity index (χ3v) is 4.54. The second-order valence-corrected chi connectivity index (χ2v) is 6.42. The zero-order valence-corrected chi connectivity index (χ0v) is 14.2. The highest BCUT2D eigenvalue weighted by atomic mass is 16.1. The van der Waals surface area contributed by atoms with Gasteiger partial charge in [0.15, 0.2) is 0 Å². The van der Waals surface area contributed by atoms with Gasteiger partial charge in [-0.3, -0.25) is 4.79 Å². The Morgan fingerprint density at radius 1 is 0.952 bits per heavy atom. The lowest BCUT2D eigenvalue weighted by molar-refractivity contribution is -0.119. The summed E-state index contributed by atoms with van der Waals surface area (Å²) in [6.07, 6.45) is 22.1. The third-order valence-electron chi connectivity index (χ3n) is 4.54. The molecule has 0 N–H and O–H groups in total. The summed E-state index contributed by atoms with van der Waals surface area (Å²) >= 11 is 0. The van der Waals surface area contributed by atoms with Crippen molar-refractivity contribution in [1.29, 1.82) is 0 Å². The summed E-state index contributed by atoms with van der Waals surface area (Å²) in [5.74, 6) is 1.22. The summed E-state index contributed by atoms with van der Waals surface area (Å²) in [6.45, 7) is 4.47. The van der Waals surface area contributed by atoms with Gasteiger partial charge in [-0.25, -0.2) is 0 Å². The van der Waals surface area contributed by atoms with Crippen LogP contribution in [0.3, 0.4) is 0 Å². The molecule has 21 heavy (non-hydrogen) atoms. The molecule has 0 radical (unpaired) electrons. The average molecular weight is 290 g/mol. The quantitative estimate of drug-likeness (QED) is 0.325. The Labute approximate surface area is 131 Å². The van der Waals surface area contributed by atoms with Crippen molar-refractivity contribution in [2.24, 2.45) is 11.8 Å². The Bertz CT molecular complexity index is 327. The van der Waals surface area contributed by atoms with Crippen LogP contribution in [0, 0.1) is 11.8 Å². The summed E-state index contributed by atoms with van der Waals surface area (Å²) in [5, 5.41) is 0. The molecule has 2 atom stereocenters. The van der Waals surface area contributed by atoms with Gasteiger partial charge in [-0.05, 0) is 38.0 Å². The summed E-state index contributed by atoms with van der Waals surface area (Å²) in [6, 6.07) is 0. The Hall–Kier alpha value is -0.850.